The number of rotatable bonds is 3. The van der Waals surface area contributed by atoms with E-state index < -0.39 is 0 Å². The van der Waals surface area contributed by atoms with E-state index in [-0.39, 0.29) is 16.6 Å². The number of anilines is 1. The molecule has 2 unspecified atom stereocenters. The van der Waals surface area contributed by atoms with Gasteiger partial charge in [-0.15, -0.1) is 0 Å². The summed E-state index contributed by atoms with van der Waals surface area (Å²) in [5.74, 6) is 0.860. The second-order valence-electron chi connectivity index (χ2n) is 8.87. The second kappa shape index (κ2) is 6.75. The molecule has 25 heavy (non-hydrogen) atoms. The Bertz CT molecular complexity index is 645. The topological polar surface area (TPSA) is 32.3 Å². The summed E-state index contributed by atoms with van der Waals surface area (Å²) < 4.78 is 0. The predicted octanol–water partition coefficient (Wildman–Crippen LogP) is 4.40. The van der Waals surface area contributed by atoms with Crippen molar-refractivity contribution >= 4 is 11.5 Å². The van der Waals surface area contributed by atoms with Gasteiger partial charge in [0.25, 0.3) is 0 Å². The van der Waals surface area contributed by atoms with Crippen LogP contribution in [0.4, 0.5) is 5.69 Å². The number of carbonyl (C=O) groups excluding carboxylic acids is 1. The molecule has 1 heterocycles. The standard InChI is InChI=1S/C22H34N2O/c1-16-7-6-10-22(5,21(16,3)4)19-9-8-18(17(2)25)15-20(19)24-13-11-23-12-14-24/h8-9,15-16,23H,6-7,10-14H2,1-5H3. The van der Waals surface area contributed by atoms with E-state index in [1.165, 1.54) is 30.5 Å². The number of piperazine rings is 1. The summed E-state index contributed by atoms with van der Waals surface area (Å²) in [4.78, 5) is 14.5. The molecular formula is C22H34N2O. The van der Waals surface area contributed by atoms with Gasteiger partial charge in [-0.05, 0) is 41.7 Å². The largest absolute Gasteiger partial charge is 0.369 e. The number of hydrogen-bond donors (Lipinski definition) is 1. The number of nitrogens with one attached hydrogen (secondary N) is 1. The minimum absolute atomic E-state index is 0.139. The van der Waals surface area contributed by atoms with E-state index in [9.17, 15) is 4.79 Å². The first-order valence-electron chi connectivity index (χ1n) is 9.88. The summed E-state index contributed by atoms with van der Waals surface area (Å²) in [5, 5.41) is 3.45. The van der Waals surface area contributed by atoms with Crippen molar-refractivity contribution in [1.82, 2.24) is 5.32 Å². The van der Waals surface area contributed by atoms with Crippen LogP contribution in [0.1, 0.15) is 69.8 Å². The molecule has 1 N–H and O–H groups in total. The minimum Gasteiger partial charge on any atom is -0.369 e. The Morgan fingerprint density at radius 1 is 1.20 bits per heavy atom. The third kappa shape index (κ3) is 3.12. The highest BCUT2D eigenvalue weighted by Crippen LogP contribution is 2.56. The van der Waals surface area contributed by atoms with E-state index in [1.807, 2.05) is 6.07 Å². The van der Waals surface area contributed by atoms with Crippen LogP contribution < -0.4 is 10.2 Å². The predicted molar refractivity (Wildman–Crippen MR) is 106 cm³/mol. The molecule has 1 aliphatic heterocycles. The Morgan fingerprint density at radius 3 is 2.52 bits per heavy atom. The zero-order chi connectivity index (χ0) is 18.2. The molecule has 0 bridgehead atoms. The Labute approximate surface area is 153 Å². The van der Waals surface area contributed by atoms with Gasteiger partial charge in [-0.25, -0.2) is 0 Å². The molecule has 1 aromatic carbocycles. The van der Waals surface area contributed by atoms with Crippen molar-refractivity contribution in [3.63, 3.8) is 0 Å². The maximum Gasteiger partial charge on any atom is 0.159 e. The van der Waals surface area contributed by atoms with Gasteiger partial charge in [0, 0.05) is 37.4 Å². The van der Waals surface area contributed by atoms with Gasteiger partial charge in [0.05, 0.1) is 0 Å². The fourth-order valence-corrected chi connectivity index (χ4v) is 4.85. The molecule has 0 aromatic heterocycles. The number of benzene rings is 1. The van der Waals surface area contributed by atoms with Crippen molar-refractivity contribution in [2.45, 2.75) is 59.3 Å². The van der Waals surface area contributed by atoms with Gasteiger partial charge < -0.3 is 10.2 Å². The van der Waals surface area contributed by atoms with Gasteiger partial charge in [0.15, 0.2) is 5.78 Å². The number of hydrogen-bond acceptors (Lipinski definition) is 3. The van der Waals surface area contributed by atoms with Crippen LogP contribution in [-0.2, 0) is 5.41 Å². The van der Waals surface area contributed by atoms with Gasteiger partial charge in [-0.1, -0.05) is 52.7 Å². The van der Waals surface area contributed by atoms with Gasteiger partial charge in [0.2, 0.25) is 0 Å². The first-order chi connectivity index (χ1) is 11.8. The Balaban J connectivity index is 2.12. The van der Waals surface area contributed by atoms with Crippen LogP contribution in [0, 0.1) is 11.3 Å². The van der Waals surface area contributed by atoms with Crippen LogP contribution in [0.15, 0.2) is 18.2 Å². The third-order valence-electron chi connectivity index (χ3n) is 7.42. The van der Waals surface area contributed by atoms with Crippen LogP contribution in [0.3, 0.4) is 0 Å². The first kappa shape index (κ1) is 18.4. The molecule has 138 valence electrons. The van der Waals surface area contributed by atoms with Crippen LogP contribution in [0.5, 0.6) is 0 Å². The van der Waals surface area contributed by atoms with E-state index in [0.717, 1.165) is 31.7 Å². The lowest BCUT2D eigenvalue weighted by molar-refractivity contribution is 0.0479. The average molecular weight is 343 g/mol. The monoisotopic (exact) mass is 342 g/mol. The molecule has 1 aromatic rings. The lowest BCUT2D eigenvalue weighted by atomic mass is 9.52. The maximum absolute atomic E-state index is 12.0. The van der Waals surface area contributed by atoms with Crippen LogP contribution >= 0.6 is 0 Å². The molecule has 3 nitrogen and oxygen atoms in total. The Kier molecular flexibility index (Phi) is 4.98. The summed E-state index contributed by atoms with van der Waals surface area (Å²) in [6.07, 6.45) is 3.83. The summed E-state index contributed by atoms with van der Waals surface area (Å²) >= 11 is 0. The lowest BCUT2D eigenvalue weighted by Gasteiger charge is -2.53. The number of Topliss-reactive ketones (excluding diaryl/α,β-unsaturated/α-hetero) is 1. The SMILES string of the molecule is CC(=O)c1ccc(C2(C)CCCC(C)C2(C)C)c(N2CCNCC2)c1. The molecule has 0 radical (unpaired) electrons. The normalized spacial score (nSPS) is 29.5. The molecule has 3 rings (SSSR count). The summed E-state index contributed by atoms with van der Waals surface area (Å²) in [6.45, 7) is 15.5. The van der Waals surface area contributed by atoms with Crippen LogP contribution in [0.25, 0.3) is 0 Å². The van der Waals surface area contributed by atoms with Gasteiger partial charge in [-0.3, -0.25) is 4.79 Å². The summed E-state index contributed by atoms with van der Waals surface area (Å²) in [5.41, 5.74) is 3.95. The molecule has 1 saturated heterocycles. The highest BCUT2D eigenvalue weighted by atomic mass is 16.1. The molecular weight excluding hydrogens is 308 g/mol. The summed E-state index contributed by atoms with van der Waals surface area (Å²) in [6, 6.07) is 6.46. The van der Waals surface area contributed by atoms with Crippen molar-refractivity contribution in [3.8, 4) is 0 Å². The molecule has 0 amide bonds. The van der Waals surface area contributed by atoms with Crippen molar-refractivity contribution in [3.05, 3.63) is 29.3 Å². The second-order valence-corrected chi connectivity index (χ2v) is 8.87. The lowest BCUT2D eigenvalue weighted by Crippen LogP contribution is -2.49. The molecule has 1 saturated carbocycles. The number of carbonyl (C=O) groups is 1. The zero-order valence-electron chi connectivity index (χ0n) is 16.6. The van der Waals surface area contributed by atoms with Gasteiger partial charge >= 0.3 is 0 Å². The number of nitrogens with zero attached hydrogens (tertiary/aromatic N) is 1. The van der Waals surface area contributed by atoms with E-state index in [1.54, 1.807) is 6.92 Å². The summed E-state index contributed by atoms with van der Waals surface area (Å²) in [7, 11) is 0. The minimum atomic E-state index is 0.139. The van der Waals surface area contributed by atoms with Gasteiger partial charge in [0.1, 0.15) is 0 Å². The average Bonchev–Trinajstić information content (AvgIpc) is 2.60. The van der Waals surface area contributed by atoms with Crippen LogP contribution in [-0.4, -0.2) is 32.0 Å². The molecule has 0 spiro atoms. The molecule has 1 aliphatic carbocycles. The van der Waals surface area contributed by atoms with Crippen molar-refractivity contribution in [2.75, 3.05) is 31.1 Å². The van der Waals surface area contributed by atoms with E-state index >= 15 is 0 Å². The van der Waals surface area contributed by atoms with Crippen molar-refractivity contribution in [1.29, 1.82) is 0 Å². The zero-order valence-corrected chi connectivity index (χ0v) is 16.6. The smallest absolute Gasteiger partial charge is 0.159 e. The maximum atomic E-state index is 12.0. The fourth-order valence-electron chi connectivity index (χ4n) is 4.85. The van der Waals surface area contributed by atoms with Gasteiger partial charge in [-0.2, -0.15) is 0 Å². The molecule has 2 atom stereocenters. The third-order valence-corrected chi connectivity index (χ3v) is 7.42. The molecule has 3 heteroatoms. The van der Waals surface area contributed by atoms with Crippen LogP contribution in [0.2, 0.25) is 0 Å². The van der Waals surface area contributed by atoms with E-state index in [4.69, 9.17) is 0 Å². The quantitative estimate of drug-likeness (QED) is 0.826. The molecule has 2 aliphatic rings. The van der Waals surface area contributed by atoms with Crippen molar-refractivity contribution < 1.29 is 4.79 Å². The van der Waals surface area contributed by atoms with E-state index in [0.29, 0.717) is 5.92 Å². The highest BCUT2D eigenvalue weighted by Gasteiger charge is 2.49. The number of ketones is 1. The highest BCUT2D eigenvalue weighted by molar-refractivity contribution is 5.95. The fraction of sp³-hybridized carbons (Fsp3) is 0.682. The Hall–Kier alpha value is -1.35. The van der Waals surface area contributed by atoms with E-state index in [2.05, 4.69) is 50.0 Å². The van der Waals surface area contributed by atoms with Crippen molar-refractivity contribution in [2.24, 2.45) is 11.3 Å². The Morgan fingerprint density at radius 2 is 1.88 bits per heavy atom. The first-order valence-corrected chi connectivity index (χ1v) is 9.88. The molecule has 2 fully saturated rings.